The number of aromatic nitrogens is 4. The van der Waals surface area contributed by atoms with Crippen molar-refractivity contribution in [3.63, 3.8) is 0 Å². The van der Waals surface area contributed by atoms with Crippen LogP contribution >= 0.6 is 0 Å². The number of H-pyrrole nitrogens is 1. The summed E-state index contributed by atoms with van der Waals surface area (Å²) in [7, 11) is -3.30. The van der Waals surface area contributed by atoms with Gasteiger partial charge in [0.05, 0.1) is 18.3 Å². The number of aryl methyl sites for hydroxylation is 1. The van der Waals surface area contributed by atoms with E-state index in [9.17, 15) is 8.42 Å². The van der Waals surface area contributed by atoms with Crippen molar-refractivity contribution in [3.05, 3.63) is 72.8 Å². The molecular weight excluding hydrogens is 388 g/mol. The molecular formula is C20H20N6O2S. The number of hydrogen-bond acceptors (Lipinski definition) is 5. The average Bonchev–Trinajstić information content (AvgIpc) is 3.35. The predicted molar refractivity (Wildman–Crippen MR) is 114 cm³/mol. The second kappa shape index (κ2) is 7.44. The van der Waals surface area contributed by atoms with Crippen LogP contribution in [0.4, 0.5) is 17.2 Å². The summed E-state index contributed by atoms with van der Waals surface area (Å²) in [5, 5.41) is 10.6. The summed E-state index contributed by atoms with van der Waals surface area (Å²) < 4.78 is 27.1. The van der Waals surface area contributed by atoms with Crippen molar-refractivity contribution in [1.29, 1.82) is 0 Å². The second-order valence-electron chi connectivity index (χ2n) is 6.71. The molecule has 2 aromatic carbocycles. The molecule has 148 valence electrons. The molecule has 0 saturated carbocycles. The fourth-order valence-corrected chi connectivity index (χ4v) is 3.53. The van der Waals surface area contributed by atoms with Crippen LogP contribution in [0.15, 0.2) is 67.3 Å². The molecule has 2 aromatic heterocycles. The Labute approximate surface area is 168 Å². The number of nitrogens with zero attached hydrogens (tertiary/aromatic N) is 3. The zero-order chi connectivity index (χ0) is 20.4. The Bertz CT molecular complexity index is 1230. The smallest absolute Gasteiger partial charge is 0.229 e. The summed E-state index contributed by atoms with van der Waals surface area (Å²) in [6, 6.07) is 15.3. The number of benzene rings is 2. The van der Waals surface area contributed by atoms with Crippen molar-refractivity contribution >= 4 is 27.2 Å². The maximum absolute atomic E-state index is 11.4. The van der Waals surface area contributed by atoms with E-state index in [1.54, 1.807) is 24.7 Å². The van der Waals surface area contributed by atoms with Gasteiger partial charge in [-0.25, -0.2) is 13.4 Å². The van der Waals surface area contributed by atoms with Crippen LogP contribution in [-0.4, -0.2) is 34.4 Å². The molecule has 0 aliphatic carbocycles. The molecule has 0 radical (unpaired) electrons. The van der Waals surface area contributed by atoms with Gasteiger partial charge in [0.15, 0.2) is 5.82 Å². The van der Waals surface area contributed by atoms with E-state index >= 15 is 0 Å². The maximum Gasteiger partial charge on any atom is 0.229 e. The minimum absolute atomic E-state index is 0.524. The molecule has 0 aliphatic heterocycles. The molecule has 2 heterocycles. The molecule has 4 aromatic rings. The standard InChI is InChI=1S/C20H20N6O2S/c1-14-11-16(25-29(2,27)28)5-8-18(14)22-20-12-19(23-24-20)15-3-6-17(7-4-15)26-10-9-21-13-26/h3-13,25H,1-2H3,(H2,22,23,24). The van der Waals surface area contributed by atoms with E-state index in [1.807, 2.05) is 54.1 Å². The first kappa shape index (κ1) is 18.8. The SMILES string of the molecule is Cc1cc(NS(C)(=O)=O)ccc1Nc1cc(-c2ccc(-n3ccnc3)cc2)[nH]n1. The largest absolute Gasteiger partial charge is 0.339 e. The quantitative estimate of drug-likeness (QED) is 0.451. The van der Waals surface area contributed by atoms with Crippen LogP contribution in [-0.2, 0) is 10.0 Å². The van der Waals surface area contributed by atoms with Crippen LogP contribution in [0.25, 0.3) is 16.9 Å². The molecule has 0 fully saturated rings. The lowest BCUT2D eigenvalue weighted by atomic mass is 10.1. The normalized spacial score (nSPS) is 11.4. The van der Waals surface area contributed by atoms with E-state index in [2.05, 4.69) is 25.2 Å². The minimum atomic E-state index is -3.30. The van der Waals surface area contributed by atoms with Crippen molar-refractivity contribution in [1.82, 2.24) is 19.7 Å². The van der Waals surface area contributed by atoms with E-state index in [0.29, 0.717) is 11.5 Å². The second-order valence-corrected chi connectivity index (χ2v) is 8.46. The number of nitrogens with one attached hydrogen (secondary N) is 3. The molecule has 29 heavy (non-hydrogen) atoms. The Morgan fingerprint density at radius 2 is 1.86 bits per heavy atom. The van der Waals surface area contributed by atoms with Crippen LogP contribution in [0.3, 0.4) is 0 Å². The van der Waals surface area contributed by atoms with Gasteiger partial charge in [0.2, 0.25) is 10.0 Å². The highest BCUT2D eigenvalue weighted by Crippen LogP contribution is 2.26. The number of imidazole rings is 1. The van der Waals surface area contributed by atoms with Crippen LogP contribution in [0.5, 0.6) is 0 Å². The zero-order valence-corrected chi connectivity index (χ0v) is 16.7. The minimum Gasteiger partial charge on any atom is -0.339 e. The van der Waals surface area contributed by atoms with E-state index < -0.39 is 10.0 Å². The highest BCUT2D eigenvalue weighted by Gasteiger charge is 2.08. The number of anilines is 3. The molecule has 0 unspecified atom stereocenters. The van der Waals surface area contributed by atoms with Gasteiger partial charge >= 0.3 is 0 Å². The number of sulfonamides is 1. The van der Waals surface area contributed by atoms with Crippen LogP contribution < -0.4 is 10.0 Å². The Morgan fingerprint density at radius 3 is 2.52 bits per heavy atom. The van der Waals surface area contributed by atoms with Crippen molar-refractivity contribution < 1.29 is 8.42 Å². The fourth-order valence-electron chi connectivity index (χ4n) is 2.98. The first-order chi connectivity index (χ1) is 13.9. The Balaban J connectivity index is 1.49. The first-order valence-electron chi connectivity index (χ1n) is 8.87. The van der Waals surface area contributed by atoms with Crippen LogP contribution in [0.1, 0.15) is 5.56 Å². The summed E-state index contributed by atoms with van der Waals surface area (Å²) in [6.07, 6.45) is 6.52. The molecule has 0 bridgehead atoms. The summed E-state index contributed by atoms with van der Waals surface area (Å²) in [4.78, 5) is 4.06. The third-order valence-electron chi connectivity index (χ3n) is 4.35. The van der Waals surface area contributed by atoms with Gasteiger partial charge in [-0.05, 0) is 48.4 Å². The molecule has 0 amide bonds. The molecule has 3 N–H and O–H groups in total. The van der Waals surface area contributed by atoms with Gasteiger partial charge in [0.1, 0.15) is 0 Å². The predicted octanol–water partition coefficient (Wildman–Crippen LogP) is 3.69. The van der Waals surface area contributed by atoms with Gasteiger partial charge < -0.3 is 9.88 Å². The van der Waals surface area contributed by atoms with E-state index in [1.165, 1.54) is 0 Å². The maximum atomic E-state index is 11.4. The van der Waals surface area contributed by atoms with Gasteiger partial charge in [0, 0.05) is 35.5 Å². The highest BCUT2D eigenvalue weighted by molar-refractivity contribution is 7.92. The van der Waals surface area contributed by atoms with Gasteiger partial charge in [-0.1, -0.05) is 12.1 Å². The molecule has 0 aliphatic rings. The number of rotatable bonds is 6. The van der Waals surface area contributed by atoms with Crippen molar-refractivity contribution in [2.45, 2.75) is 6.92 Å². The van der Waals surface area contributed by atoms with Crippen LogP contribution in [0.2, 0.25) is 0 Å². The Hall–Kier alpha value is -3.59. The molecule has 9 heteroatoms. The van der Waals surface area contributed by atoms with E-state index in [0.717, 1.165) is 34.5 Å². The zero-order valence-electron chi connectivity index (χ0n) is 15.9. The van der Waals surface area contributed by atoms with Gasteiger partial charge in [-0.2, -0.15) is 5.10 Å². The van der Waals surface area contributed by atoms with Gasteiger partial charge in [-0.3, -0.25) is 9.82 Å². The monoisotopic (exact) mass is 408 g/mol. The Kier molecular flexibility index (Phi) is 4.81. The van der Waals surface area contributed by atoms with Crippen molar-refractivity contribution in [2.24, 2.45) is 0 Å². The lowest BCUT2D eigenvalue weighted by molar-refractivity contribution is 0.607. The highest BCUT2D eigenvalue weighted by atomic mass is 32.2. The molecule has 4 rings (SSSR count). The third-order valence-corrected chi connectivity index (χ3v) is 4.96. The molecule has 0 atom stereocenters. The van der Waals surface area contributed by atoms with E-state index in [-0.39, 0.29) is 0 Å². The molecule has 0 spiro atoms. The fraction of sp³-hybridized carbons (Fsp3) is 0.100. The lowest BCUT2D eigenvalue weighted by Crippen LogP contribution is -2.09. The summed E-state index contributed by atoms with van der Waals surface area (Å²) in [6.45, 7) is 1.90. The van der Waals surface area contributed by atoms with E-state index in [4.69, 9.17) is 0 Å². The summed E-state index contributed by atoms with van der Waals surface area (Å²) in [5.41, 5.74) is 5.20. The topological polar surface area (TPSA) is 105 Å². The third kappa shape index (κ3) is 4.46. The average molecular weight is 408 g/mol. The number of hydrogen-bond donors (Lipinski definition) is 3. The van der Waals surface area contributed by atoms with Crippen molar-refractivity contribution in [3.8, 4) is 16.9 Å². The summed E-state index contributed by atoms with van der Waals surface area (Å²) in [5.74, 6) is 0.672. The first-order valence-corrected chi connectivity index (χ1v) is 10.8. The Morgan fingerprint density at radius 1 is 1.07 bits per heavy atom. The van der Waals surface area contributed by atoms with Gasteiger partial charge in [-0.15, -0.1) is 0 Å². The molecule has 0 saturated heterocycles. The molecule has 8 nitrogen and oxygen atoms in total. The summed E-state index contributed by atoms with van der Waals surface area (Å²) >= 11 is 0. The lowest BCUT2D eigenvalue weighted by Gasteiger charge is -2.10. The van der Waals surface area contributed by atoms with Crippen molar-refractivity contribution in [2.75, 3.05) is 16.3 Å². The van der Waals surface area contributed by atoms with Crippen LogP contribution in [0, 0.1) is 6.92 Å². The number of aromatic amines is 1. The van der Waals surface area contributed by atoms with Gasteiger partial charge in [0.25, 0.3) is 0 Å².